The SMILES string of the molecule is CC(C)c1nc(C(=O)Nc2c(F)c(F)cc(F)c2F)n[nH]1. The van der Waals surface area contributed by atoms with Gasteiger partial charge in [0.1, 0.15) is 11.5 Å². The zero-order chi connectivity index (χ0) is 15.7. The Morgan fingerprint density at radius 3 is 2.24 bits per heavy atom. The Kier molecular flexibility index (Phi) is 3.92. The Bertz CT molecular complexity index is 673. The first-order valence-corrected chi connectivity index (χ1v) is 5.88. The van der Waals surface area contributed by atoms with E-state index >= 15 is 0 Å². The molecule has 2 rings (SSSR count). The second-order valence-electron chi connectivity index (χ2n) is 4.50. The third-order valence-corrected chi connectivity index (χ3v) is 2.60. The molecular formula is C12H10F4N4O. The maximum atomic E-state index is 13.4. The molecular weight excluding hydrogens is 292 g/mol. The standard InChI is InChI=1S/C12H10F4N4O/c1-4(2)10-18-11(20-19-10)12(21)17-9-7(15)5(13)3-6(14)8(9)16/h3-4H,1-2H3,(H,17,21)(H,18,19,20). The van der Waals surface area contributed by atoms with Gasteiger partial charge in [0.05, 0.1) is 0 Å². The van der Waals surface area contributed by atoms with Crippen LogP contribution >= 0.6 is 0 Å². The minimum atomic E-state index is -1.71. The summed E-state index contributed by atoms with van der Waals surface area (Å²) in [6.07, 6.45) is 0. The first-order chi connectivity index (χ1) is 9.81. The molecule has 5 nitrogen and oxygen atoms in total. The lowest BCUT2D eigenvalue weighted by molar-refractivity contribution is 0.101. The van der Waals surface area contributed by atoms with Gasteiger partial charge in [0.25, 0.3) is 5.91 Å². The molecule has 1 heterocycles. The van der Waals surface area contributed by atoms with Crippen LogP contribution in [0.3, 0.4) is 0 Å². The van der Waals surface area contributed by atoms with Crippen LogP contribution < -0.4 is 5.32 Å². The highest BCUT2D eigenvalue weighted by molar-refractivity contribution is 6.01. The molecule has 1 aromatic carbocycles. The topological polar surface area (TPSA) is 70.7 Å². The average molecular weight is 302 g/mol. The number of hydrogen-bond acceptors (Lipinski definition) is 3. The van der Waals surface area contributed by atoms with Crippen LogP contribution in [0.15, 0.2) is 6.07 Å². The first-order valence-electron chi connectivity index (χ1n) is 5.88. The van der Waals surface area contributed by atoms with Gasteiger partial charge in [-0.15, -0.1) is 5.10 Å². The molecule has 0 spiro atoms. The minimum Gasteiger partial charge on any atom is -0.314 e. The van der Waals surface area contributed by atoms with Crippen LogP contribution in [0.4, 0.5) is 23.2 Å². The van der Waals surface area contributed by atoms with E-state index in [1.807, 2.05) is 0 Å². The number of carbonyl (C=O) groups excluding carboxylic acids is 1. The Balaban J connectivity index is 2.31. The summed E-state index contributed by atoms with van der Waals surface area (Å²) in [5, 5.41) is 7.74. The van der Waals surface area contributed by atoms with Gasteiger partial charge in [-0.1, -0.05) is 13.8 Å². The van der Waals surface area contributed by atoms with Crippen molar-refractivity contribution in [1.29, 1.82) is 0 Å². The number of rotatable bonds is 3. The highest BCUT2D eigenvalue weighted by atomic mass is 19.2. The van der Waals surface area contributed by atoms with Crippen molar-refractivity contribution in [1.82, 2.24) is 15.2 Å². The summed E-state index contributed by atoms with van der Waals surface area (Å²) in [7, 11) is 0. The molecule has 0 aliphatic carbocycles. The van der Waals surface area contributed by atoms with Crippen LogP contribution in [0.25, 0.3) is 0 Å². The Morgan fingerprint density at radius 2 is 1.76 bits per heavy atom. The molecule has 1 amide bonds. The molecule has 0 atom stereocenters. The average Bonchev–Trinajstić information content (AvgIpc) is 2.91. The third kappa shape index (κ3) is 2.86. The summed E-state index contributed by atoms with van der Waals surface area (Å²) in [5.41, 5.74) is -1.23. The Hall–Kier alpha value is -2.45. The number of nitrogens with one attached hydrogen (secondary N) is 2. The molecule has 0 unspecified atom stereocenters. The number of benzene rings is 1. The zero-order valence-corrected chi connectivity index (χ0v) is 11.0. The van der Waals surface area contributed by atoms with Gasteiger partial charge in [0.2, 0.25) is 5.82 Å². The fraction of sp³-hybridized carbons (Fsp3) is 0.250. The lowest BCUT2D eigenvalue weighted by atomic mass is 10.2. The van der Waals surface area contributed by atoms with Crippen LogP contribution in [0.1, 0.15) is 36.2 Å². The smallest absolute Gasteiger partial charge is 0.295 e. The van der Waals surface area contributed by atoms with Gasteiger partial charge in [-0.3, -0.25) is 9.89 Å². The fourth-order valence-corrected chi connectivity index (χ4v) is 1.49. The number of carbonyl (C=O) groups is 1. The first kappa shape index (κ1) is 14.9. The van der Waals surface area contributed by atoms with Crippen LogP contribution in [0.5, 0.6) is 0 Å². The monoisotopic (exact) mass is 302 g/mol. The quantitative estimate of drug-likeness (QED) is 0.676. The normalized spacial score (nSPS) is 11.0. The number of aromatic nitrogens is 3. The van der Waals surface area contributed by atoms with E-state index in [1.165, 1.54) is 0 Å². The van der Waals surface area contributed by atoms with Crippen LogP contribution in [-0.4, -0.2) is 21.1 Å². The molecule has 21 heavy (non-hydrogen) atoms. The maximum Gasteiger partial charge on any atom is 0.295 e. The lowest BCUT2D eigenvalue weighted by Gasteiger charge is -2.07. The van der Waals surface area contributed by atoms with Crippen LogP contribution in [0.2, 0.25) is 0 Å². The molecule has 0 fully saturated rings. The van der Waals surface area contributed by atoms with E-state index in [9.17, 15) is 22.4 Å². The number of nitrogens with zero attached hydrogens (tertiary/aromatic N) is 2. The largest absolute Gasteiger partial charge is 0.314 e. The molecule has 2 N–H and O–H groups in total. The highest BCUT2D eigenvalue weighted by Gasteiger charge is 2.23. The molecule has 0 aliphatic heterocycles. The summed E-state index contributed by atoms with van der Waals surface area (Å²) in [4.78, 5) is 15.5. The summed E-state index contributed by atoms with van der Waals surface area (Å²) in [5.74, 6) is -7.83. The number of halogens is 4. The minimum absolute atomic E-state index is 0.0456. The number of anilines is 1. The van der Waals surface area contributed by atoms with E-state index in [1.54, 1.807) is 19.2 Å². The van der Waals surface area contributed by atoms with Crippen molar-refractivity contribution >= 4 is 11.6 Å². The van der Waals surface area contributed by atoms with Gasteiger partial charge in [-0.25, -0.2) is 22.5 Å². The Morgan fingerprint density at radius 1 is 1.19 bits per heavy atom. The summed E-state index contributed by atoms with van der Waals surface area (Å²) < 4.78 is 52.8. The maximum absolute atomic E-state index is 13.4. The summed E-state index contributed by atoms with van der Waals surface area (Å²) in [6.45, 7) is 3.56. The molecule has 1 aromatic heterocycles. The van der Waals surface area contributed by atoms with Crippen molar-refractivity contribution in [2.75, 3.05) is 5.32 Å². The van der Waals surface area contributed by atoms with E-state index in [0.29, 0.717) is 5.82 Å². The molecule has 9 heteroatoms. The summed E-state index contributed by atoms with van der Waals surface area (Å²) >= 11 is 0. The van der Waals surface area contributed by atoms with Crippen molar-refractivity contribution in [3.8, 4) is 0 Å². The predicted octanol–water partition coefficient (Wildman–Crippen LogP) is 2.74. The van der Waals surface area contributed by atoms with Gasteiger partial charge >= 0.3 is 0 Å². The van der Waals surface area contributed by atoms with E-state index in [0.717, 1.165) is 0 Å². The zero-order valence-electron chi connectivity index (χ0n) is 11.0. The van der Waals surface area contributed by atoms with Crippen molar-refractivity contribution < 1.29 is 22.4 Å². The van der Waals surface area contributed by atoms with E-state index < -0.39 is 40.7 Å². The van der Waals surface area contributed by atoms with Crippen molar-refractivity contribution in [2.45, 2.75) is 19.8 Å². The van der Waals surface area contributed by atoms with Gasteiger partial charge < -0.3 is 5.32 Å². The van der Waals surface area contributed by atoms with E-state index in [4.69, 9.17) is 0 Å². The highest BCUT2D eigenvalue weighted by Crippen LogP contribution is 2.24. The molecule has 112 valence electrons. The van der Waals surface area contributed by atoms with E-state index in [2.05, 4.69) is 15.2 Å². The van der Waals surface area contributed by atoms with Crippen molar-refractivity contribution in [2.24, 2.45) is 0 Å². The molecule has 0 radical (unpaired) electrons. The second kappa shape index (κ2) is 5.51. The molecule has 2 aromatic rings. The lowest BCUT2D eigenvalue weighted by Crippen LogP contribution is -2.17. The number of amides is 1. The van der Waals surface area contributed by atoms with Gasteiger partial charge in [-0.05, 0) is 0 Å². The van der Waals surface area contributed by atoms with Gasteiger partial charge in [0.15, 0.2) is 23.3 Å². The van der Waals surface area contributed by atoms with Gasteiger partial charge in [-0.2, -0.15) is 0 Å². The third-order valence-electron chi connectivity index (χ3n) is 2.60. The van der Waals surface area contributed by atoms with Crippen LogP contribution in [0, 0.1) is 23.3 Å². The molecule has 0 saturated carbocycles. The number of hydrogen-bond donors (Lipinski definition) is 2. The number of aromatic amines is 1. The molecule has 0 bridgehead atoms. The number of H-pyrrole nitrogens is 1. The van der Waals surface area contributed by atoms with E-state index in [-0.39, 0.29) is 12.0 Å². The molecule has 0 saturated heterocycles. The predicted molar refractivity (Wildman–Crippen MR) is 64.7 cm³/mol. The summed E-state index contributed by atoms with van der Waals surface area (Å²) in [6, 6.07) is 0.0456. The molecule has 0 aliphatic rings. The van der Waals surface area contributed by atoms with Crippen molar-refractivity contribution in [3.63, 3.8) is 0 Å². The van der Waals surface area contributed by atoms with Crippen LogP contribution in [-0.2, 0) is 0 Å². The second-order valence-corrected chi connectivity index (χ2v) is 4.50. The van der Waals surface area contributed by atoms with Gasteiger partial charge in [0, 0.05) is 12.0 Å². The van der Waals surface area contributed by atoms with Crippen molar-refractivity contribution in [3.05, 3.63) is 41.0 Å². The fourth-order valence-electron chi connectivity index (χ4n) is 1.49. The Labute approximate surface area is 116 Å².